The van der Waals surface area contributed by atoms with Crippen molar-refractivity contribution in [3.63, 3.8) is 0 Å². The minimum atomic E-state index is -0.331. The van der Waals surface area contributed by atoms with Crippen LogP contribution in [0, 0.1) is 11.3 Å². The molecule has 7 rings (SSSR count). The largest absolute Gasteiger partial charge is 0.459 e. The number of aryl methyl sites for hydroxylation is 2. The van der Waals surface area contributed by atoms with Crippen LogP contribution in [0.25, 0.3) is 11.4 Å². The summed E-state index contributed by atoms with van der Waals surface area (Å²) in [4.78, 5) is 13.1. The second-order valence-corrected chi connectivity index (χ2v) is 12.4. The number of fused-ring (bicyclic) bond motifs is 5. The topological polar surface area (TPSA) is 114 Å². The van der Waals surface area contributed by atoms with E-state index in [1.165, 1.54) is 16.9 Å². The van der Waals surface area contributed by atoms with Crippen LogP contribution in [0.1, 0.15) is 90.7 Å². The summed E-state index contributed by atoms with van der Waals surface area (Å²) in [6, 6.07) is 3.20. The lowest BCUT2D eigenvalue weighted by molar-refractivity contribution is 0.112. The fourth-order valence-electron chi connectivity index (χ4n) is 7.54. The van der Waals surface area contributed by atoms with E-state index in [9.17, 15) is 5.26 Å². The van der Waals surface area contributed by atoms with Crippen LogP contribution in [-0.2, 0) is 18.3 Å². The number of nitrogen functional groups attached to an aromatic ring is 1. The normalized spacial score (nSPS) is 27.2. The highest BCUT2D eigenvalue weighted by atomic mass is 32.1. The fourth-order valence-corrected chi connectivity index (χ4v) is 8.70. The molecule has 0 saturated carbocycles. The Morgan fingerprint density at radius 2 is 2.14 bits per heavy atom. The first kappa shape index (κ1) is 23.2. The summed E-state index contributed by atoms with van der Waals surface area (Å²) >= 11 is 1.57. The number of nitrogens with zero attached hydrogens (tertiary/aromatic N) is 5. The molecule has 8 nitrogen and oxygen atoms in total. The summed E-state index contributed by atoms with van der Waals surface area (Å²) in [5.74, 6) is 1.29. The Kier molecular flexibility index (Phi) is 5.35. The maximum absolute atomic E-state index is 10.0. The minimum absolute atomic E-state index is 0.00711. The average Bonchev–Trinajstić information content (AvgIpc) is 3.59. The number of hydrogen-bond donors (Lipinski definition) is 1. The number of anilines is 1. The molecule has 1 aliphatic heterocycles. The molecule has 37 heavy (non-hydrogen) atoms. The molecule has 0 amide bonds. The molecule has 0 aromatic carbocycles. The zero-order valence-electron chi connectivity index (χ0n) is 21.4. The van der Waals surface area contributed by atoms with E-state index in [4.69, 9.17) is 20.0 Å². The summed E-state index contributed by atoms with van der Waals surface area (Å²) in [5, 5.41) is 15.3. The lowest BCUT2D eigenvalue weighted by Gasteiger charge is -2.41. The Labute approximate surface area is 220 Å². The van der Waals surface area contributed by atoms with Crippen LogP contribution in [0.5, 0.6) is 6.01 Å². The Morgan fingerprint density at radius 1 is 1.24 bits per heavy atom. The predicted molar refractivity (Wildman–Crippen MR) is 141 cm³/mol. The van der Waals surface area contributed by atoms with Gasteiger partial charge >= 0.3 is 6.01 Å². The van der Waals surface area contributed by atoms with Gasteiger partial charge in [0.2, 0.25) is 0 Å². The molecular formula is C28H32N6O2S. The van der Waals surface area contributed by atoms with E-state index in [2.05, 4.69) is 35.1 Å². The monoisotopic (exact) mass is 516 g/mol. The van der Waals surface area contributed by atoms with E-state index in [0.29, 0.717) is 28.5 Å². The number of likely N-dealkylation sites (tertiary alicyclic amines) is 1. The summed E-state index contributed by atoms with van der Waals surface area (Å²) in [6.07, 6.45) is 11.2. The van der Waals surface area contributed by atoms with Gasteiger partial charge in [0.15, 0.2) is 5.76 Å². The van der Waals surface area contributed by atoms with E-state index in [0.717, 1.165) is 86.2 Å². The number of ether oxygens (including phenoxy) is 1. The smallest absolute Gasteiger partial charge is 0.317 e. The van der Waals surface area contributed by atoms with Crippen LogP contribution in [0.15, 0.2) is 10.7 Å². The number of rotatable bonds is 3. The van der Waals surface area contributed by atoms with Gasteiger partial charge in [-0.25, -0.2) is 4.98 Å². The highest BCUT2D eigenvalue weighted by Crippen LogP contribution is 2.58. The van der Waals surface area contributed by atoms with Crippen molar-refractivity contribution in [3.8, 4) is 23.5 Å². The number of hydrogen-bond acceptors (Lipinski definition) is 9. The summed E-state index contributed by atoms with van der Waals surface area (Å²) < 4.78 is 12.6. The van der Waals surface area contributed by atoms with E-state index >= 15 is 0 Å². The van der Waals surface area contributed by atoms with Gasteiger partial charge in [-0.1, -0.05) is 5.16 Å². The molecule has 4 unspecified atom stereocenters. The van der Waals surface area contributed by atoms with Gasteiger partial charge < -0.3 is 15.0 Å². The number of likely N-dealkylation sites (N-methyl/N-ethyl adjacent to an activating group) is 1. The van der Waals surface area contributed by atoms with Gasteiger partial charge in [0.1, 0.15) is 28.6 Å². The summed E-state index contributed by atoms with van der Waals surface area (Å²) in [6.45, 7) is 3.21. The summed E-state index contributed by atoms with van der Waals surface area (Å²) in [5.41, 5.74) is 11.7. The maximum atomic E-state index is 10.0. The van der Waals surface area contributed by atoms with Crippen LogP contribution >= 0.6 is 11.3 Å². The van der Waals surface area contributed by atoms with E-state index < -0.39 is 0 Å². The average molecular weight is 517 g/mol. The van der Waals surface area contributed by atoms with Gasteiger partial charge in [-0.05, 0) is 95.3 Å². The Bertz CT molecular complexity index is 1420. The van der Waals surface area contributed by atoms with Gasteiger partial charge in [-0.2, -0.15) is 10.2 Å². The van der Waals surface area contributed by atoms with Gasteiger partial charge in [0, 0.05) is 22.7 Å². The first-order valence-corrected chi connectivity index (χ1v) is 14.4. The third kappa shape index (κ3) is 3.38. The maximum Gasteiger partial charge on any atom is 0.317 e. The Balaban J connectivity index is 1.32. The second kappa shape index (κ2) is 8.53. The summed E-state index contributed by atoms with van der Waals surface area (Å²) in [7, 11) is 2.16. The first-order chi connectivity index (χ1) is 18.0. The minimum Gasteiger partial charge on any atom is -0.459 e. The van der Waals surface area contributed by atoms with Crippen molar-refractivity contribution in [2.24, 2.45) is 0 Å². The van der Waals surface area contributed by atoms with Gasteiger partial charge in [0.05, 0.1) is 11.0 Å². The van der Waals surface area contributed by atoms with Crippen LogP contribution in [0.4, 0.5) is 5.00 Å². The molecule has 9 heteroatoms. The SMILES string of the molecule is CC(Oc1ncc2c(n1)-c1noc3c1C(CC2)CCC31CCCc2sc(N)c(C#N)c21)C1CCCN1C. The van der Waals surface area contributed by atoms with Crippen molar-refractivity contribution in [1.82, 2.24) is 20.0 Å². The molecule has 4 heterocycles. The molecule has 1 saturated heterocycles. The van der Waals surface area contributed by atoms with E-state index in [1.807, 2.05) is 6.20 Å². The zero-order chi connectivity index (χ0) is 25.3. The third-order valence-electron chi connectivity index (χ3n) is 9.34. The number of nitrogens with two attached hydrogens (primary N) is 1. The molecule has 0 radical (unpaired) electrons. The Morgan fingerprint density at radius 3 is 2.95 bits per heavy atom. The number of aromatic nitrogens is 3. The molecular weight excluding hydrogens is 484 g/mol. The zero-order valence-corrected chi connectivity index (χ0v) is 22.2. The number of nitriles is 1. The van der Waals surface area contributed by atoms with Crippen molar-refractivity contribution in [2.75, 3.05) is 19.3 Å². The standard InChI is InChI=1S/C28H32N6O2S/c1-15(19-5-4-12-34(19)2)35-27-31-14-17-8-7-16-9-11-28(25-21(16)24(33-36-25)23(17)32-27)10-3-6-20-22(28)18(13-29)26(30)37-20/h14-16,19H,3-12,30H2,1-2H3. The predicted octanol–water partition coefficient (Wildman–Crippen LogP) is 4.95. The molecule has 3 aliphatic carbocycles. The van der Waals surface area contributed by atoms with Gasteiger partial charge in [-0.3, -0.25) is 4.90 Å². The molecule has 3 aromatic rings. The van der Waals surface area contributed by atoms with Crippen LogP contribution in [0.3, 0.4) is 0 Å². The van der Waals surface area contributed by atoms with Crippen LogP contribution in [0.2, 0.25) is 0 Å². The van der Waals surface area contributed by atoms with Crippen molar-refractivity contribution < 1.29 is 9.26 Å². The highest BCUT2D eigenvalue weighted by Gasteiger charge is 2.51. The molecule has 2 N–H and O–H groups in total. The highest BCUT2D eigenvalue weighted by molar-refractivity contribution is 7.16. The van der Waals surface area contributed by atoms with Crippen molar-refractivity contribution in [1.29, 1.82) is 5.26 Å². The molecule has 0 bridgehead atoms. The Hall–Kier alpha value is -2.96. The molecule has 4 aliphatic rings. The molecule has 1 spiro atoms. The van der Waals surface area contributed by atoms with Crippen LogP contribution in [-0.4, -0.2) is 45.8 Å². The molecule has 3 aromatic heterocycles. The first-order valence-electron chi connectivity index (χ1n) is 13.5. The van der Waals surface area contributed by atoms with Crippen molar-refractivity contribution in [2.45, 2.75) is 88.2 Å². The van der Waals surface area contributed by atoms with Gasteiger partial charge in [0.25, 0.3) is 0 Å². The molecule has 192 valence electrons. The van der Waals surface area contributed by atoms with Crippen LogP contribution < -0.4 is 10.5 Å². The van der Waals surface area contributed by atoms with E-state index in [1.54, 1.807) is 11.3 Å². The van der Waals surface area contributed by atoms with Gasteiger partial charge in [-0.15, -0.1) is 11.3 Å². The van der Waals surface area contributed by atoms with E-state index in [-0.39, 0.29) is 11.5 Å². The fraction of sp³-hybridized carbons (Fsp3) is 0.571. The van der Waals surface area contributed by atoms with Crippen molar-refractivity contribution in [3.05, 3.63) is 39.1 Å². The second-order valence-electron chi connectivity index (χ2n) is 11.3. The third-order valence-corrected chi connectivity index (χ3v) is 10.4. The number of thiophene rings is 1. The van der Waals surface area contributed by atoms with Crippen molar-refractivity contribution >= 4 is 16.3 Å². The quantitative estimate of drug-likeness (QED) is 0.520. The molecule has 1 fully saturated rings. The lowest BCUT2D eigenvalue weighted by Crippen LogP contribution is -2.38. The molecule has 4 atom stereocenters. The lowest BCUT2D eigenvalue weighted by atomic mass is 9.61.